The predicted octanol–water partition coefficient (Wildman–Crippen LogP) is 2.15. The number of fused-ring (bicyclic) bond motifs is 1. The summed E-state index contributed by atoms with van der Waals surface area (Å²) in [6, 6.07) is 1.14. The maximum Gasteiger partial charge on any atom is 0.317 e. The molecule has 0 aromatic rings. The van der Waals surface area contributed by atoms with E-state index in [-0.39, 0.29) is 6.03 Å². The Morgan fingerprint density at radius 3 is 2.60 bits per heavy atom. The average molecular weight is 297 g/mol. The van der Waals surface area contributed by atoms with Crippen LogP contribution in [0, 0.1) is 0 Å². The third kappa shape index (κ3) is 3.08. The van der Waals surface area contributed by atoms with E-state index < -0.39 is 0 Å². The molecule has 4 nitrogen and oxygen atoms in total. The van der Waals surface area contributed by atoms with Crippen LogP contribution in [0.4, 0.5) is 4.79 Å². The maximum atomic E-state index is 12.5. The first-order valence-electron chi connectivity index (χ1n) is 8.08. The third-order valence-corrected chi connectivity index (χ3v) is 6.10. The number of rotatable bonds is 1. The quantitative estimate of drug-likeness (QED) is 0.805. The molecule has 0 aromatic carbocycles. The van der Waals surface area contributed by atoms with Crippen LogP contribution < -0.4 is 5.32 Å². The molecule has 0 aromatic heterocycles. The van der Waals surface area contributed by atoms with E-state index in [4.69, 9.17) is 0 Å². The van der Waals surface area contributed by atoms with Gasteiger partial charge >= 0.3 is 6.03 Å². The van der Waals surface area contributed by atoms with E-state index in [9.17, 15) is 4.79 Å². The molecule has 1 N–H and O–H groups in total. The zero-order valence-electron chi connectivity index (χ0n) is 12.7. The van der Waals surface area contributed by atoms with Gasteiger partial charge in [0.1, 0.15) is 0 Å². The van der Waals surface area contributed by atoms with Crippen molar-refractivity contribution in [3.63, 3.8) is 0 Å². The molecule has 3 rings (SSSR count). The lowest BCUT2D eigenvalue weighted by molar-refractivity contribution is 0.167. The SMILES string of the molecule is CC1CN(C(=O)NC2CCN3CCCCC23)CC(C)S1. The van der Waals surface area contributed by atoms with Crippen LogP contribution in [0.5, 0.6) is 0 Å². The molecular formula is C15H27N3OS. The van der Waals surface area contributed by atoms with E-state index in [1.54, 1.807) is 0 Å². The summed E-state index contributed by atoms with van der Waals surface area (Å²) in [6.45, 7) is 8.62. The van der Waals surface area contributed by atoms with Gasteiger partial charge in [0.05, 0.1) is 0 Å². The second-order valence-corrected chi connectivity index (χ2v) is 8.49. The summed E-state index contributed by atoms with van der Waals surface area (Å²) in [7, 11) is 0. The molecule has 4 atom stereocenters. The number of amides is 2. The van der Waals surface area contributed by atoms with Crippen LogP contribution in [-0.4, -0.2) is 64.6 Å². The first kappa shape index (κ1) is 14.5. The Bertz CT molecular complexity index is 355. The summed E-state index contributed by atoms with van der Waals surface area (Å²) in [5.41, 5.74) is 0. The minimum atomic E-state index is 0.168. The Labute approximate surface area is 126 Å². The summed E-state index contributed by atoms with van der Waals surface area (Å²) in [5, 5.41) is 4.43. The van der Waals surface area contributed by atoms with E-state index in [1.807, 2.05) is 16.7 Å². The molecule has 0 spiro atoms. The van der Waals surface area contributed by atoms with Crippen molar-refractivity contribution in [2.24, 2.45) is 0 Å². The highest BCUT2D eigenvalue weighted by molar-refractivity contribution is 8.00. The standard InChI is InChI=1S/C15H27N3OS/c1-11-9-18(10-12(2)20-11)15(19)16-13-6-8-17-7-4-3-5-14(13)17/h11-14H,3-10H2,1-2H3,(H,16,19). The number of carbonyl (C=O) groups excluding carboxylic acids is 1. The Balaban J connectivity index is 1.56. The van der Waals surface area contributed by atoms with Gasteiger partial charge in [0.25, 0.3) is 0 Å². The van der Waals surface area contributed by atoms with Crippen molar-refractivity contribution in [3.05, 3.63) is 0 Å². The van der Waals surface area contributed by atoms with E-state index in [2.05, 4.69) is 24.1 Å². The number of piperidine rings is 1. The highest BCUT2D eigenvalue weighted by atomic mass is 32.2. The molecule has 2 amide bonds. The number of nitrogens with zero attached hydrogens (tertiary/aromatic N) is 2. The lowest BCUT2D eigenvalue weighted by Gasteiger charge is -2.37. The largest absolute Gasteiger partial charge is 0.334 e. The molecule has 3 heterocycles. The topological polar surface area (TPSA) is 35.6 Å². The number of carbonyl (C=O) groups is 1. The van der Waals surface area contributed by atoms with Gasteiger partial charge in [-0.2, -0.15) is 11.8 Å². The molecule has 3 aliphatic rings. The van der Waals surface area contributed by atoms with Crippen molar-refractivity contribution in [1.29, 1.82) is 0 Å². The van der Waals surface area contributed by atoms with E-state index in [0.717, 1.165) is 26.1 Å². The fourth-order valence-corrected chi connectivity index (χ4v) is 5.33. The lowest BCUT2D eigenvalue weighted by atomic mass is 9.99. The van der Waals surface area contributed by atoms with Crippen LogP contribution >= 0.6 is 11.8 Å². The van der Waals surface area contributed by atoms with Crippen molar-refractivity contribution < 1.29 is 4.79 Å². The average Bonchev–Trinajstić information content (AvgIpc) is 2.81. The molecule has 114 valence electrons. The fourth-order valence-electron chi connectivity index (χ4n) is 4.01. The molecule has 4 unspecified atom stereocenters. The molecule has 0 radical (unpaired) electrons. The number of nitrogens with one attached hydrogen (secondary N) is 1. The van der Waals surface area contributed by atoms with Crippen molar-refractivity contribution in [2.45, 2.75) is 62.1 Å². The van der Waals surface area contributed by atoms with Crippen LogP contribution in [0.25, 0.3) is 0 Å². The van der Waals surface area contributed by atoms with E-state index in [1.165, 1.54) is 25.8 Å². The predicted molar refractivity (Wildman–Crippen MR) is 84.2 cm³/mol. The van der Waals surface area contributed by atoms with Crippen LogP contribution in [0.2, 0.25) is 0 Å². The molecule has 0 saturated carbocycles. The number of hydrogen-bond donors (Lipinski definition) is 1. The summed E-state index contributed by atoms with van der Waals surface area (Å²) >= 11 is 1.99. The molecule has 20 heavy (non-hydrogen) atoms. The van der Waals surface area contributed by atoms with Crippen LogP contribution in [0.15, 0.2) is 0 Å². The van der Waals surface area contributed by atoms with Gasteiger partial charge in [-0.05, 0) is 25.8 Å². The van der Waals surface area contributed by atoms with Crippen molar-refractivity contribution in [2.75, 3.05) is 26.2 Å². The van der Waals surface area contributed by atoms with Crippen LogP contribution in [-0.2, 0) is 0 Å². The molecule has 5 heteroatoms. The zero-order valence-corrected chi connectivity index (χ0v) is 13.5. The van der Waals surface area contributed by atoms with Gasteiger partial charge in [0.2, 0.25) is 0 Å². The second-order valence-electron chi connectivity index (χ2n) is 6.61. The van der Waals surface area contributed by atoms with Gasteiger partial charge in [-0.15, -0.1) is 0 Å². The Kier molecular flexibility index (Phi) is 4.46. The molecule has 3 aliphatic heterocycles. The van der Waals surface area contributed by atoms with Crippen molar-refractivity contribution in [3.8, 4) is 0 Å². The summed E-state index contributed by atoms with van der Waals surface area (Å²) in [5.74, 6) is 0. The Hall–Kier alpha value is -0.420. The van der Waals surface area contributed by atoms with Crippen LogP contribution in [0.1, 0.15) is 39.5 Å². The number of urea groups is 1. The smallest absolute Gasteiger partial charge is 0.317 e. The highest BCUT2D eigenvalue weighted by Crippen LogP contribution is 2.28. The number of thioether (sulfide) groups is 1. The van der Waals surface area contributed by atoms with E-state index >= 15 is 0 Å². The minimum Gasteiger partial charge on any atom is -0.334 e. The van der Waals surface area contributed by atoms with Crippen molar-refractivity contribution >= 4 is 17.8 Å². The van der Waals surface area contributed by atoms with Gasteiger partial charge < -0.3 is 10.2 Å². The zero-order chi connectivity index (χ0) is 14.1. The van der Waals surface area contributed by atoms with Gasteiger partial charge in [0, 0.05) is 42.2 Å². The van der Waals surface area contributed by atoms with Gasteiger partial charge in [-0.3, -0.25) is 4.90 Å². The number of hydrogen-bond acceptors (Lipinski definition) is 3. The van der Waals surface area contributed by atoms with Gasteiger partial charge in [0.15, 0.2) is 0 Å². The summed E-state index contributed by atoms with van der Waals surface area (Å²) in [6.07, 6.45) is 5.04. The minimum absolute atomic E-state index is 0.168. The van der Waals surface area contributed by atoms with Crippen molar-refractivity contribution in [1.82, 2.24) is 15.1 Å². The second kappa shape index (κ2) is 6.14. The highest BCUT2D eigenvalue weighted by Gasteiger charge is 2.37. The fraction of sp³-hybridized carbons (Fsp3) is 0.933. The monoisotopic (exact) mass is 297 g/mol. The molecule has 0 bridgehead atoms. The van der Waals surface area contributed by atoms with Crippen LogP contribution in [0.3, 0.4) is 0 Å². The molecule has 0 aliphatic carbocycles. The first-order chi connectivity index (χ1) is 9.63. The van der Waals surface area contributed by atoms with Gasteiger partial charge in [-0.1, -0.05) is 20.3 Å². The summed E-state index contributed by atoms with van der Waals surface area (Å²) < 4.78 is 0. The molecule has 3 fully saturated rings. The Morgan fingerprint density at radius 2 is 1.85 bits per heavy atom. The first-order valence-corrected chi connectivity index (χ1v) is 9.02. The Morgan fingerprint density at radius 1 is 1.10 bits per heavy atom. The molecule has 3 saturated heterocycles. The van der Waals surface area contributed by atoms with Gasteiger partial charge in [-0.25, -0.2) is 4.79 Å². The molecular weight excluding hydrogens is 270 g/mol. The third-order valence-electron chi connectivity index (χ3n) is 4.87. The summed E-state index contributed by atoms with van der Waals surface area (Å²) in [4.78, 5) is 17.1. The lowest BCUT2D eigenvalue weighted by Crippen LogP contribution is -2.54. The maximum absolute atomic E-state index is 12.5. The normalized spacial score (nSPS) is 38.6. The van der Waals surface area contributed by atoms with E-state index in [0.29, 0.717) is 22.6 Å².